The third-order valence-electron chi connectivity index (χ3n) is 6.08. The third-order valence-corrected chi connectivity index (χ3v) is 6.08. The summed E-state index contributed by atoms with van der Waals surface area (Å²) in [6.07, 6.45) is 3.34. The van der Waals surface area contributed by atoms with Crippen LogP contribution in [0.25, 0.3) is 0 Å². The molecule has 0 saturated carbocycles. The fourth-order valence-corrected chi connectivity index (χ4v) is 4.26. The van der Waals surface area contributed by atoms with Crippen molar-refractivity contribution in [3.05, 3.63) is 35.4 Å². The Bertz CT molecular complexity index is 675. The number of nitrogens with one attached hydrogen (secondary N) is 1. The molecule has 1 aromatic carbocycles. The highest BCUT2D eigenvalue weighted by Crippen LogP contribution is 2.14. The molecule has 1 atom stereocenters. The van der Waals surface area contributed by atoms with E-state index < -0.39 is 0 Å². The maximum Gasteiger partial charge on any atom is 0.239 e. The van der Waals surface area contributed by atoms with E-state index in [1.165, 1.54) is 11.1 Å². The number of aryl methyl sites for hydroxylation is 1. The Morgan fingerprint density at radius 1 is 1.04 bits per heavy atom. The first-order chi connectivity index (χ1) is 13.6. The lowest BCUT2D eigenvalue weighted by Crippen LogP contribution is -2.57. The predicted octanol–water partition coefficient (Wildman–Crippen LogP) is 1.95. The number of piperazine rings is 1. The van der Waals surface area contributed by atoms with Crippen LogP contribution in [0.4, 0.5) is 0 Å². The van der Waals surface area contributed by atoms with Crippen molar-refractivity contribution in [2.24, 2.45) is 4.99 Å². The molecule has 2 saturated heterocycles. The smallest absolute Gasteiger partial charge is 0.239 e. The average molecular weight is 386 g/mol. The Morgan fingerprint density at radius 2 is 1.68 bits per heavy atom. The number of benzene rings is 1. The molecule has 6 heteroatoms. The normalized spacial score (nSPS) is 19.8. The van der Waals surface area contributed by atoms with Crippen LogP contribution in [-0.2, 0) is 17.8 Å². The highest BCUT2D eigenvalue weighted by atomic mass is 16.2. The van der Waals surface area contributed by atoms with Gasteiger partial charge >= 0.3 is 0 Å². The summed E-state index contributed by atoms with van der Waals surface area (Å²) in [6, 6.07) is 8.55. The lowest BCUT2D eigenvalue weighted by molar-refractivity contribution is -0.135. The molecule has 154 valence electrons. The van der Waals surface area contributed by atoms with Crippen LogP contribution in [0.3, 0.4) is 0 Å². The van der Waals surface area contributed by atoms with E-state index >= 15 is 0 Å². The molecule has 0 aliphatic carbocycles. The van der Waals surface area contributed by atoms with Gasteiger partial charge in [0.2, 0.25) is 5.91 Å². The number of carbonyl (C=O) groups is 1. The molecule has 2 aliphatic heterocycles. The number of guanidine groups is 1. The van der Waals surface area contributed by atoms with Crippen molar-refractivity contribution in [3.63, 3.8) is 0 Å². The van der Waals surface area contributed by atoms with Crippen LogP contribution in [0.5, 0.6) is 0 Å². The summed E-state index contributed by atoms with van der Waals surface area (Å²) in [5.41, 5.74) is 2.71. The van der Waals surface area contributed by atoms with Crippen molar-refractivity contribution in [2.45, 2.75) is 45.7 Å². The molecule has 28 heavy (non-hydrogen) atoms. The molecule has 2 heterocycles. The Morgan fingerprint density at radius 3 is 2.29 bits per heavy atom. The number of rotatable bonds is 5. The summed E-state index contributed by atoms with van der Waals surface area (Å²) < 4.78 is 0. The van der Waals surface area contributed by atoms with Gasteiger partial charge in [0.15, 0.2) is 5.96 Å². The van der Waals surface area contributed by atoms with Gasteiger partial charge in [-0.1, -0.05) is 31.2 Å². The predicted molar refractivity (Wildman–Crippen MR) is 114 cm³/mol. The van der Waals surface area contributed by atoms with E-state index in [0.29, 0.717) is 5.91 Å². The van der Waals surface area contributed by atoms with Crippen molar-refractivity contribution >= 4 is 11.9 Å². The highest BCUT2D eigenvalue weighted by Gasteiger charge is 2.30. The Hall–Kier alpha value is -2.08. The van der Waals surface area contributed by atoms with Gasteiger partial charge in [-0.3, -0.25) is 14.7 Å². The van der Waals surface area contributed by atoms with E-state index in [1.807, 2.05) is 11.9 Å². The molecule has 1 unspecified atom stereocenters. The van der Waals surface area contributed by atoms with Crippen LogP contribution in [0.15, 0.2) is 29.3 Å². The van der Waals surface area contributed by atoms with Gasteiger partial charge in [0.05, 0.1) is 6.04 Å². The van der Waals surface area contributed by atoms with Gasteiger partial charge in [0.1, 0.15) is 0 Å². The van der Waals surface area contributed by atoms with Gasteiger partial charge in [-0.05, 0) is 37.3 Å². The molecule has 6 nitrogen and oxygen atoms in total. The van der Waals surface area contributed by atoms with E-state index in [-0.39, 0.29) is 6.04 Å². The second-order valence-corrected chi connectivity index (χ2v) is 7.75. The lowest BCUT2D eigenvalue weighted by Gasteiger charge is -2.39. The number of carbonyl (C=O) groups excluding carboxylic acids is 1. The number of aliphatic imine (C=N–C) groups is 1. The first kappa shape index (κ1) is 20.6. The quantitative estimate of drug-likeness (QED) is 0.622. The molecule has 0 aromatic heterocycles. The van der Waals surface area contributed by atoms with Gasteiger partial charge in [0, 0.05) is 52.9 Å². The number of likely N-dealkylation sites (tertiary alicyclic amines) is 1. The van der Waals surface area contributed by atoms with Gasteiger partial charge in [-0.15, -0.1) is 0 Å². The Kier molecular flexibility index (Phi) is 7.31. The molecule has 1 aromatic rings. The van der Waals surface area contributed by atoms with Crippen molar-refractivity contribution in [1.29, 1.82) is 0 Å². The average Bonchev–Trinajstić information content (AvgIpc) is 3.29. The first-order valence-corrected chi connectivity index (χ1v) is 10.7. The van der Waals surface area contributed by atoms with Crippen molar-refractivity contribution in [1.82, 2.24) is 20.0 Å². The fraction of sp³-hybridized carbons (Fsp3) is 0.636. The van der Waals surface area contributed by atoms with Crippen LogP contribution in [0.2, 0.25) is 0 Å². The van der Waals surface area contributed by atoms with E-state index in [4.69, 9.17) is 0 Å². The van der Waals surface area contributed by atoms with E-state index in [9.17, 15) is 4.79 Å². The van der Waals surface area contributed by atoms with Crippen molar-refractivity contribution in [2.75, 3.05) is 46.3 Å². The molecule has 0 bridgehead atoms. The molecular formula is C22H35N5O. The minimum Gasteiger partial charge on any atom is -0.352 e. The fourth-order valence-electron chi connectivity index (χ4n) is 4.26. The van der Waals surface area contributed by atoms with Gasteiger partial charge < -0.3 is 15.1 Å². The van der Waals surface area contributed by atoms with Crippen LogP contribution in [-0.4, -0.2) is 78.9 Å². The zero-order valence-electron chi connectivity index (χ0n) is 17.7. The van der Waals surface area contributed by atoms with E-state index in [1.54, 1.807) is 0 Å². The molecule has 2 fully saturated rings. The molecular weight excluding hydrogens is 350 g/mol. The van der Waals surface area contributed by atoms with Crippen molar-refractivity contribution in [3.8, 4) is 0 Å². The summed E-state index contributed by atoms with van der Waals surface area (Å²) in [5, 5.41) is 3.52. The maximum atomic E-state index is 12.7. The lowest BCUT2D eigenvalue weighted by atomic mass is 10.1. The van der Waals surface area contributed by atoms with Crippen molar-refractivity contribution < 1.29 is 4.79 Å². The zero-order valence-corrected chi connectivity index (χ0v) is 17.7. The van der Waals surface area contributed by atoms with Crippen LogP contribution < -0.4 is 5.32 Å². The van der Waals surface area contributed by atoms with E-state index in [0.717, 1.165) is 71.0 Å². The molecule has 1 N–H and O–H groups in total. The minimum atomic E-state index is -0.0216. The van der Waals surface area contributed by atoms with E-state index in [2.05, 4.69) is 58.2 Å². The number of hydrogen-bond acceptors (Lipinski definition) is 3. The second kappa shape index (κ2) is 9.92. The zero-order chi connectivity index (χ0) is 19.9. The number of amides is 1. The Balaban J connectivity index is 1.50. The molecule has 2 aliphatic rings. The first-order valence-electron chi connectivity index (χ1n) is 10.7. The molecule has 0 spiro atoms. The monoisotopic (exact) mass is 385 g/mol. The molecule has 0 radical (unpaired) electrons. The third kappa shape index (κ3) is 4.85. The number of nitrogens with zero attached hydrogens (tertiary/aromatic N) is 4. The summed E-state index contributed by atoms with van der Waals surface area (Å²) >= 11 is 0. The second-order valence-electron chi connectivity index (χ2n) is 7.75. The largest absolute Gasteiger partial charge is 0.352 e. The van der Waals surface area contributed by atoms with Crippen LogP contribution >= 0.6 is 0 Å². The summed E-state index contributed by atoms with van der Waals surface area (Å²) in [6.45, 7) is 10.5. The standard InChI is InChI=1S/C22H35N5O/c1-4-19-9-5-6-10-20(19)17-24-22(23-3)27-15-13-25(14-16-27)18(2)21(28)26-11-7-8-12-26/h5-6,9-10,18H,4,7-8,11-17H2,1-3H3,(H,23,24). The van der Waals surface area contributed by atoms with Crippen LogP contribution in [0.1, 0.15) is 37.8 Å². The number of hydrogen-bond donors (Lipinski definition) is 1. The summed E-state index contributed by atoms with van der Waals surface area (Å²) in [5.74, 6) is 1.24. The Labute approximate surface area is 169 Å². The van der Waals surface area contributed by atoms with Gasteiger partial charge in [-0.2, -0.15) is 0 Å². The topological polar surface area (TPSA) is 51.2 Å². The SMILES string of the molecule is CCc1ccccc1CNC(=NC)N1CCN(C(C)C(=O)N2CCCC2)CC1. The summed E-state index contributed by atoms with van der Waals surface area (Å²) in [7, 11) is 1.85. The molecule has 3 rings (SSSR count). The van der Waals surface area contributed by atoms with Crippen LogP contribution in [0, 0.1) is 0 Å². The minimum absolute atomic E-state index is 0.0216. The van der Waals surface area contributed by atoms with Gasteiger partial charge in [-0.25, -0.2) is 0 Å². The highest BCUT2D eigenvalue weighted by molar-refractivity contribution is 5.82. The summed E-state index contributed by atoms with van der Waals surface area (Å²) in [4.78, 5) is 23.8. The molecule has 1 amide bonds. The maximum absolute atomic E-state index is 12.7. The van der Waals surface area contributed by atoms with Gasteiger partial charge in [0.25, 0.3) is 0 Å².